The number of aryl methyl sites for hydroxylation is 1. The van der Waals surface area contributed by atoms with Crippen LogP contribution in [0, 0.1) is 22.2 Å². The van der Waals surface area contributed by atoms with Crippen molar-refractivity contribution >= 4 is 51.5 Å². The number of ether oxygens (including phenoxy) is 2. The number of amides is 4. The first kappa shape index (κ1) is 43.4. The topological polar surface area (TPSA) is 219 Å². The third kappa shape index (κ3) is 8.14. The maximum absolute atomic E-state index is 13.7. The molecule has 2 spiro atoms. The second kappa shape index (κ2) is 17.2. The van der Waals surface area contributed by atoms with E-state index in [0.717, 1.165) is 118 Å². The number of aromatic nitrogens is 5. The van der Waals surface area contributed by atoms with Gasteiger partial charge in [0.05, 0.1) is 46.8 Å². The zero-order valence-electron chi connectivity index (χ0n) is 37.0. The van der Waals surface area contributed by atoms with Crippen molar-refractivity contribution < 1.29 is 28.4 Å². The number of rotatable bonds is 10. The minimum Gasteiger partial charge on any atom is -0.477 e. The molecule has 4 fully saturated rings. The number of fused-ring (bicyclic) bond motifs is 4. The predicted molar refractivity (Wildman–Crippen MR) is 247 cm³/mol. The summed E-state index contributed by atoms with van der Waals surface area (Å²) >= 11 is 7.98. The third-order valence-electron chi connectivity index (χ3n) is 15.1. The Labute approximate surface area is 396 Å². The highest BCUT2D eigenvalue weighted by Gasteiger charge is 2.50. The average Bonchev–Trinajstić information content (AvgIpc) is 3.80. The number of halogens is 1. The predicted octanol–water partition coefficient (Wildman–Crippen LogP) is 7.47. The summed E-state index contributed by atoms with van der Waals surface area (Å²) in [6, 6.07) is 8.57. The summed E-state index contributed by atoms with van der Waals surface area (Å²) in [5.41, 5.74) is 10.1. The molecule has 6 aliphatic rings. The lowest BCUT2D eigenvalue weighted by Gasteiger charge is -2.47. The van der Waals surface area contributed by atoms with Gasteiger partial charge in [0.25, 0.3) is 5.91 Å². The van der Waals surface area contributed by atoms with Crippen molar-refractivity contribution in [1.82, 2.24) is 40.2 Å². The van der Waals surface area contributed by atoms with Gasteiger partial charge in [0.2, 0.25) is 17.7 Å². The van der Waals surface area contributed by atoms with Gasteiger partial charge in [-0.2, -0.15) is 15.2 Å². The summed E-state index contributed by atoms with van der Waals surface area (Å²) in [5, 5.41) is 18.1. The summed E-state index contributed by atoms with van der Waals surface area (Å²) in [6.45, 7) is 4.93. The summed E-state index contributed by atoms with van der Waals surface area (Å²) in [5.74, 6) is 1.79. The molecule has 5 aromatic rings. The highest BCUT2D eigenvalue weighted by Crippen LogP contribution is 2.55. The highest BCUT2D eigenvalue weighted by molar-refractivity contribution is 7.16. The van der Waals surface area contributed by atoms with Crippen molar-refractivity contribution in [3.05, 3.63) is 80.9 Å². The molecule has 17 nitrogen and oxygen atoms in total. The van der Waals surface area contributed by atoms with Crippen LogP contribution in [0.25, 0.3) is 11.5 Å². The molecule has 3 saturated heterocycles. The van der Waals surface area contributed by atoms with Gasteiger partial charge in [0, 0.05) is 54.0 Å². The Balaban J connectivity index is 0.749. The lowest BCUT2D eigenvalue weighted by Crippen LogP contribution is -2.50. The Bertz CT molecular complexity index is 2800. The van der Waals surface area contributed by atoms with Gasteiger partial charge in [-0.25, -0.2) is 14.8 Å². The first-order valence-electron chi connectivity index (χ1n) is 23.2. The van der Waals surface area contributed by atoms with Crippen molar-refractivity contribution in [2.45, 2.75) is 88.9 Å². The molecule has 0 unspecified atom stereocenters. The minimum absolute atomic E-state index is 0.000477. The molecule has 3 aliphatic heterocycles. The van der Waals surface area contributed by atoms with Crippen LogP contribution in [0.3, 0.4) is 0 Å². The molecule has 0 radical (unpaired) electrons. The fourth-order valence-electron chi connectivity index (χ4n) is 11.2. The van der Waals surface area contributed by atoms with Gasteiger partial charge in [0.15, 0.2) is 23.0 Å². The van der Waals surface area contributed by atoms with Gasteiger partial charge < -0.3 is 29.5 Å². The first-order valence-corrected chi connectivity index (χ1v) is 24.4. The molecular weight excluding hydrogens is 894 g/mol. The number of carbonyl (C=O) groups excluding carboxylic acids is 3. The average molecular weight is 945 g/mol. The van der Waals surface area contributed by atoms with Crippen molar-refractivity contribution in [3.8, 4) is 35.1 Å². The van der Waals surface area contributed by atoms with Crippen LogP contribution in [0.2, 0.25) is 5.02 Å². The third-order valence-corrected chi connectivity index (χ3v) is 16.5. The second-order valence-electron chi connectivity index (χ2n) is 19.2. The van der Waals surface area contributed by atoms with Gasteiger partial charge in [-0.1, -0.05) is 16.8 Å². The van der Waals surface area contributed by atoms with Crippen LogP contribution in [-0.2, 0) is 23.1 Å². The maximum Gasteiger partial charge on any atom is 0.328 e. The number of hydrogen-bond acceptors (Lipinski definition) is 15. The van der Waals surface area contributed by atoms with E-state index in [0.29, 0.717) is 69.7 Å². The molecule has 0 bridgehead atoms. The molecule has 4 aromatic heterocycles. The quantitative estimate of drug-likeness (QED) is 0.139. The number of likely N-dealkylation sites (tertiary alicyclic amines) is 2. The van der Waals surface area contributed by atoms with E-state index in [1.54, 1.807) is 36.7 Å². The van der Waals surface area contributed by atoms with Gasteiger partial charge in [-0.05, 0) is 119 Å². The number of imide groups is 1. The molecule has 19 heteroatoms. The Morgan fingerprint density at radius 3 is 2.43 bits per heavy atom. The summed E-state index contributed by atoms with van der Waals surface area (Å²) in [7, 11) is 0. The van der Waals surface area contributed by atoms with Crippen molar-refractivity contribution in [2.75, 3.05) is 56.5 Å². The Hall–Kier alpha value is -6.16. The van der Waals surface area contributed by atoms with Gasteiger partial charge in [-0.15, -0.1) is 11.3 Å². The van der Waals surface area contributed by atoms with E-state index in [1.807, 2.05) is 4.90 Å². The van der Waals surface area contributed by atoms with Crippen molar-refractivity contribution in [1.29, 1.82) is 5.26 Å². The number of nitriles is 1. The molecule has 67 heavy (non-hydrogen) atoms. The van der Waals surface area contributed by atoms with E-state index in [1.165, 1.54) is 22.6 Å². The number of nitrogens with two attached hydrogens (primary N) is 1. The van der Waals surface area contributed by atoms with E-state index in [9.17, 15) is 19.6 Å². The molecular formula is C48H50ClN11O6S. The Kier molecular flexibility index (Phi) is 11.1. The van der Waals surface area contributed by atoms with Crippen LogP contribution >= 0.6 is 22.9 Å². The van der Waals surface area contributed by atoms with Crippen LogP contribution < -0.4 is 25.4 Å². The van der Waals surface area contributed by atoms with Gasteiger partial charge >= 0.3 is 6.03 Å². The van der Waals surface area contributed by atoms with E-state index in [-0.39, 0.29) is 41.5 Å². The number of piperidine rings is 2. The molecule has 1 saturated carbocycles. The number of urea groups is 1. The normalized spacial score (nSPS) is 21.9. The smallest absolute Gasteiger partial charge is 0.328 e. The number of thiophene rings is 1. The lowest BCUT2D eigenvalue weighted by atomic mass is 9.63. The minimum atomic E-state index is -0.537. The summed E-state index contributed by atoms with van der Waals surface area (Å²) in [6.07, 6.45) is 16.1. The number of nitrogens with zero attached hydrogens (tertiary/aromatic N) is 9. The lowest BCUT2D eigenvalue weighted by molar-refractivity contribution is -0.120. The zero-order chi connectivity index (χ0) is 45.9. The van der Waals surface area contributed by atoms with Crippen LogP contribution in [0.5, 0.6) is 17.5 Å². The summed E-state index contributed by atoms with van der Waals surface area (Å²) < 4.78 is 19.1. The largest absolute Gasteiger partial charge is 0.477 e. The van der Waals surface area contributed by atoms with E-state index in [4.69, 9.17) is 41.3 Å². The van der Waals surface area contributed by atoms with Crippen LogP contribution in [0.15, 0.2) is 47.5 Å². The van der Waals surface area contributed by atoms with Crippen LogP contribution in [0.4, 0.5) is 15.5 Å². The van der Waals surface area contributed by atoms with Crippen LogP contribution in [-0.4, -0.2) is 98.6 Å². The van der Waals surface area contributed by atoms with Crippen molar-refractivity contribution in [3.63, 3.8) is 0 Å². The van der Waals surface area contributed by atoms with E-state index >= 15 is 0 Å². The number of nitrogen functional groups attached to an aromatic ring is 1. The number of benzene rings is 1. The van der Waals surface area contributed by atoms with E-state index < -0.39 is 11.4 Å². The highest BCUT2D eigenvalue weighted by atomic mass is 35.5. The Morgan fingerprint density at radius 1 is 0.940 bits per heavy atom. The zero-order valence-corrected chi connectivity index (χ0v) is 38.6. The van der Waals surface area contributed by atoms with E-state index in [2.05, 4.69) is 31.4 Å². The number of anilines is 2. The molecule has 1 aromatic carbocycles. The molecule has 7 heterocycles. The monoisotopic (exact) mass is 943 g/mol. The molecule has 3 aliphatic carbocycles. The van der Waals surface area contributed by atoms with Crippen LogP contribution in [0.1, 0.15) is 108 Å². The van der Waals surface area contributed by atoms with Crippen molar-refractivity contribution in [2.24, 2.45) is 10.8 Å². The second-order valence-corrected chi connectivity index (χ2v) is 20.7. The molecule has 346 valence electrons. The molecule has 3 N–H and O–H groups in total. The van der Waals surface area contributed by atoms with Gasteiger partial charge in [-0.3, -0.25) is 19.8 Å². The number of hydrogen-bond donors (Lipinski definition) is 2. The Morgan fingerprint density at radius 2 is 1.69 bits per heavy atom. The molecule has 1 atom stereocenters. The molecule has 11 rings (SSSR count). The summed E-state index contributed by atoms with van der Waals surface area (Å²) in [4.78, 5) is 63.0. The molecule has 4 amide bonds. The SMILES string of the molecule is N#Cc1c(N)sc2c1[C@@]1(CCC2)CCCc2c(-c3nc(OCC4(CN5CCC6(CC5)CCN(C(=O)c5ccc(Cl)c(N7CCC(=O)NC7=O)c5)CC6)CC4)cc(Oc4cncnc4)n3)noc21. The standard InChI is InChI=1S/C48H50ClN11O6S/c49-33-6-5-29(21-34(33)60-16-7-36(61)54-45(60)63)44(62)59-19-14-46(15-20-59)12-17-58(18-13-46)26-47(10-11-47)27-64-37-22-38(65-30-24-52-28-53-25-30)56-43(55-37)40-31-3-1-8-48(41(31)66-57-40)9-2-4-35-39(48)32(23-50)42(51)67-35/h5-6,21-22,24-25,28H,1-4,7-20,26-27,51H2,(H,54,61,63)/t48-/m0/s1. The van der Waals surface area contributed by atoms with Gasteiger partial charge in [0.1, 0.15) is 17.4 Å². The number of carbonyl (C=O) groups is 3. The first-order chi connectivity index (χ1) is 32.5. The maximum atomic E-state index is 13.7. The number of nitrogens with one attached hydrogen (secondary N) is 1. The fourth-order valence-corrected chi connectivity index (χ4v) is 12.6. The fraction of sp³-hybridized carbons (Fsp3) is 0.479.